The Balaban J connectivity index is 2.17. The maximum atomic E-state index is 11.7. The van der Waals surface area contributed by atoms with E-state index in [1.807, 2.05) is 19.1 Å². The second-order valence-electron chi connectivity index (χ2n) is 6.23. The number of benzene rings is 1. The molecule has 0 atom stereocenters. The van der Waals surface area contributed by atoms with E-state index in [0.717, 1.165) is 24.1 Å². The number of rotatable bonds is 4. The molecule has 1 aliphatic rings. The number of nitriles is 1. The largest absolute Gasteiger partial charge is 0.481 e. The highest BCUT2D eigenvalue weighted by atomic mass is 16.4. The molecule has 0 saturated heterocycles. The number of nitrogens with one attached hydrogen (secondary N) is 1. The van der Waals surface area contributed by atoms with Crippen LogP contribution in [0.2, 0.25) is 0 Å². The smallest absolute Gasteiger partial charge is 0.311 e. The number of nitrogens with zero attached hydrogens (tertiary/aromatic N) is 1. The zero-order valence-corrected chi connectivity index (χ0v) is 12.6. The first-order valence-corrected chi connectivity index (χ1v) is 7.45. The van der Waals surface area contributed by atoms with Crippen LogP contribution >= 0.6 is 0 Å². The molecule has 0 radical (unpaired) electrons. The molecule has 112 valence electrons. The Hall–Kier alpha value is -2.02. The van der Waals surface area contributed by atoms with E-state index in [1.54, 1.807) is 6.07 Å². The van der Waals surface area contributed by atoms with E-state index in [-0.39, 0.29) is 0 Å². The third kappa shape index (κ3) is 3.18. The molecule has 2 N–H and O–H groups in total. The molecular formula is C17H22N2O2. The summed E-state index contributed by atoms with van der Waals surface area (Å²) >= 11 is 0. The van der Waals surface area contributed by atoms with Crippen LogP contribution in [0.15, 0.2) is 18.2 Å². The Labute approximate surface area is 125 Å². The van der Waals surface area contributed by atoms with Gasteiger partial charge in [0.15, 0.2) is 0 Å². The lowest BCUT2D eigenvalue weighted by atomic mass is 9.70. The number of hydrogen-bond acceptors (Lipinski definition) is 3. The van der Waals surface area contributed by atoms with Gasteiger partial charge in [0.1, 0.15) is 6.07 Å². The summed E-state index contributed by atoms with van der Waals surface area (Å²) in [4.78, 5) is 11.7. The standard InChI is InChI=1S/C17H22N2O2/c1-12-6-8-17(9-7-12,16(20)21)11-19-15-13(2)4-3-5-14(15)10-18/h3-5,12,19H,6-9,11H2,1-2H3,(H,20,21). The van der Waals surface area contributed by atoms with Crippen molar-refractivity contribution < 1.29 is 9.90 Å². The highest BCUT2D eigenvalue weighted by Gasteiger charge is 2.41. The van der Waals surface area contributed by atoms with E-state index in [1.165, 1.54) is 0 Å². The van der Waals surface area contributed by atoms with E-state index in [0.29, 0.717) is 30.9 Å². The molecule has 1 aromatic carbocycles. The van der Waals surface area contributed by atoms with Gasteiger partial charge >= 0.3 is 5.97 Å². The van der Waals surface area contributed by atoms with Gasteiger partial charge in [-0.2, -0.15) is 5.26 Å². The molecule has 1 aromatic rings. The van der Waals surface area contributed by atoms with Crippen molar-refractivity contribution in [1.29, 1.82) is 5.26 Å². The Bertz CT molecular complexity index is 567. The second kappa shape index (κ2) is 6.17. The summed E-state index contributed by atoms with van der Waals surface area (Å²) in [6.07, 6.45) is 3.30. The number of carboxylic acid groups (broad SMARTS) is 1. The normalized spacial score (nSPS) is 25.1. The minimum absolute atomic E-state index is 0.384. The van der Waals surface area contributed by atoms with Crippen molar-refractivity contribution in [2.75, 3.05) is 11.9 Å². The zero-order valence-electron chi connectivity index (χ0n) is 12.6. The van der Waals surface area contributed by atoms with Gasteiger partial charge in [0, 0.05) is 6.54 Å². The molecule has 0 aromatic heterocycles. The quantitative estimate of drug-likeness (QED) is 0.887. The van der Waals surface area contributed by atoms with Gasteiger partial charge in [0.2, 0.25) is 0 Å². The number of para-hydroxylation sites is 1. The molecular weight excluding hydrogens is 264 g/mol. The Morgan fingerprint density at radius 1 is 1.48 bits per heavy atom. The number of anilines is 1. The van der Waals surface area contributed by atoms with Gasteiger partial charge in [-0.05, 0) is 50.2 Å². The molecule has 0 aliphatic heterocycles. The van der Waals surface area contributed by atoms with E-state index in [9.17, 15) is 15.2 Å². The van der Waals surface area contributed by atoms with Crippen LogP contribution in [-0.4, -0.2) is 17.6 Å². The lowest BCUT2D eigenvalue weighted by molar-refractivity contribution is -0.150. The minimum Gasteiger partial charge on any atom is -0.481 e. The summed E-state index contributed by atoms with van der Waals surface area (Å²) in [7, 11) is 0. The van der Waals surface area contributed by atoms with Crippen LogP contribution in [0.5, 0.6) is 0 Å². The highest BCUT2D eigenvalue weighted by Crippen LogP contribution is 2.39. The predicted octanol–water partition coefficient (Wildman–Crippen LogP) is 3.56. The Morgan fingerprint density at radius 3 is 2.71 bits per heavy atom. The summed E-state index contributed by atoms with van der Waals surface area (Å²) in [6.45, 7) is 4.49. The van der Waals surface area contributed by atoms with Gasteiger partial charge in [-0.3, -0.25) is 4.79 Å². The lowest BCUT2D eigenvalue weighted by Gasteiger charge is -2.36. The SMILES string of the molecule is Cc1cccc(C#N)c1NCC1(C(=O)O)CCC(C)CC1. The topological polar surface area (TPSA) is 73.1 Å². The van der Waals surface area contributed by atoms with E-state index >= 15 is 0 Å². The molecule has 2 rings (SSSR count). The van der Waals surface area contributed by atoms with Crippen LogP contribution in [0.4, 0.5) is 5.69 Å². The van der Waals surface area contributed by atoms with Gasteiger partial charge < -0.3 is 10.4 Å². The van der Waals surface area contributed by atoms with Gasteiger partial charge in [-0.1, -0.05) is 19.1 Å². The molecule has 0 spiro atoms. The molecule has 4 heteroatoms. The van der Waals surface area contributed by atoms with Crippen LogP contribution in [0.25, 0.3) is 0 Å². The third-order valence-corrected chi connectivity index (χ3v) is 4.68. The fraction of sp³-hybridized carbons (Fsp3) is 0.529. The number of carbonyl (C=O) groups is 1. The molecule has 4 nitrogen and oxygen atoms in total. The minimum atomic E-state index is -0.728. The molecule has 0 amide bonds. The zero-order chi connectivity index (χ0) is 15.5. The summed E-state index contributed by atoms with van der Waals surface area (Å²) in [5.41, 5.74) is 1.60. The summed E-state index contributed by atoms with van der Waals surface area (Å²) < 4.78 is 0. The molecule has 0 unspecified atom stereocenters. The summed E-state index contributed by atoms with van der Waals surface area (Å²) in [5.74, 6) is -0.125. The Morgan fingerprint density at radius 2 is 2.14 bits per heavy atom. The van der Waals surface area contributed by atoms with Crippen LogP contribution in [-0.2, 0) is 4.79 Å². The van der Waals surface area contributed by atoms with E-state index in [2.05, 4.69) is 18.3 Å². The fourth-order valence-electron chi connectivity index (χ4n) is 3.03. The molecule has 0 bridgehead atoms. The molecule has 21 heavy (non-hydrogen) atoms. The van der Waals surface area contributed by atoms with Crippen LogP contribution < -0.4 is 5.32 Å². The number of aliphatic carboxylic acids is 1. The molecule has 1 aliphatic carbocycles. The van der Waals surface area contributed by atoms with Crippen LogP contribution in [0.3, 0.4) is 0 Å². The van der Waals surface area contributed by atoms with E-state index < -0.39 is 11.4 Å². The molecule has 1 fully saturated rings. The average Bonchev–Trinajstić information content (AvgIpc) is 2.47. The average molecular weight is 286 g/mol. The number of hydrogen-bond donors (Lipinski definition) is 2. The maximum absolute atomic E-state index is 11.7. The van der Waals surface area contributed by atoms with E-state index in [4.69, 9.17) is 0 Å². The molecule has 1 saturated carbocycles. The highest BCUT2D eigenvalue weighted by molar-refractivity contribution is 5.76. The number of carboxylic acids is 1. The molecule has 0 heterocycles. The van der Waals surface area contributed by atoms with Crippen molar-refractivity contribution in [2.24, 2.45) is 11.3 Å². The van der Waals surface area contributed by atoms with Crippen molar-refractivity contribution in [3.63, 3.8) is 0 Å². The van der Waals surface area contributed by atoms with Crippen molar-refractivity contribution in [3.8, 4) is 6.07 Å². The predicted molar refractivity (Wildman–Crippen MR) is 82.1 cm³/mol. The first-order chi connectivity index (χ1) is 9.98. The van der Waals surface area contributed by atoms with Crippen molar-refractivity contribution in [3.05, 3.63) is 29.3 Å². The first-order valence-electron chi connectivity index (χ1n) is 7.45. The maximum Gasteiger partial charge on any atom is 0.311 e. The van der Waals surface area contributed by atoms with Gasteiger partial charge in [0.05, 0.1) is 16.7 Å². The van der Waals surface area contributed by atoms with Gasteiger partial charge in [-0.25, -0.2) is 0 Å². The lowest BCUT2D eigenvalue weighted by Crippen LogP contribution is -2.41. The monoisotopic (exact) mass is 286 g/mol. The number of aryl methyl sites for hydroxylation is 1. The Kier molecular flexibility index (Phi) is 4.52. The van der Waals surface area contributed by atoms with Crippen LogP contribution in [0, 0.1) is 29.6 Å². The summed E-state index contributed by atoms with van der Waals surface area (Å²) in [6, 6.07) is 7.69. The van der Waals surface area contributed by atoms with Crippen molar-refractivity contribution in [1.82, 2.24) is 0 Å². The van der Waals surface area contributed by atoms with Crippen molar-refractivity contribution >= 4 is 11.7 Å². The first kappa shape index (κ1) is 15.4. The van der Waals surface area contributed by atoms with Crippen molar-refractivity contribution in [2.45, 2.75) is 39.5 Å². The third-order valence-electron chi connectivity index (χ3n) is 4.68. The van der Waals surface area contributed by atoms with Gasteiger partial charge in [0.25, 0.3) is 0 Å². The van der Waals surface area contributed by atoms with Gasteiger partial charge in [-0.15, -0.1) is 0 Å². The summed E-state index contributed by atoms with van der Waals surface area (Å²) in [5, 5.41) is 22.1. The second-order valence-corrected chi connectivity index (χ2v) is 6.23. The fourth-order valence-corrected chi connectivity index (χ4v) is 3.03. The van der Waals surface area contributed by atoms with Crippen LogP contribution in [0.1, 0.15) is 43.7 Å².